The summed E-state index contributed by atoms with van der Waals surface area (Å²) in [5.74, 6) is 1.04. The van der Waals surface area contributed by atoms with Crippen LogP contribution in [-0.2, 0) is 0 Å². The molecule has 0 radical (unpaired) electrons. The first kappa shape index (κ1) is 15.8. The molecule has 1 aromatic carbocycles. The van der Waals surface area contributed by atoms with Gasteiger partial charge in [-0.05, 0) is 26.0 Å². The molecule has 5 heteroatoms. The van der Waals surface area contributed by atoms with Gasteiger partial charge in [0, 0.05) is 17.8 Å². The molecule has 116 valence electrons. The molecule has 1 aromatic heterocycles. The monoisotopic (exact) mass is 300 g/mol. The first-order valence-corrected chi connectivity index (χ1v) is 7.00. The van der Waals surface area contributed by atoms with Crippen molar-refractivity contribution in [2.75, 3.05) is 14.2 Å². The molecule has 5 nitrogen and oxygen atoms in total. The van der Waals surface area contributed by atoms with Crippen molar-refractivity contribution < 1.29 is 14.3 Å². The maximum Gasteiger partial charge on any atom is 0.253 e. The van der Waals surface area contributed by atoms with Crippen LogP contribution in [0.15, 0.2) is 36.5 Å². The van der Waals surface area contributed by atoms with E-state index in [4.69, 9.17) is 9.47 Å². The number of carbonyl (C=O) groups is 1. The summed E-state index contributed by atoms with van der Waals surface area (Å²) in [6, 6.07) is 9.06. The van der Waals surface area contributed by atoms with Crippen LogP contribution >= 0.6 is 0 Å². The van der Waals surface area contributed by atoms with Crippen LogP contribution in [0.3, 0.4) is 0 Å². The maximum absolute atomic E-state index is 12.3. The van der Waals surface area contributed by atoms with Gasteiger partial charge in [-0.15, -0.1) is 0 Å². The predicted octanol–water partition coefficient (Wildman–Crippen LogP) is 2.90. The fourth-order valence-electron chi connectivity index (χ4n) is 2.19. The van der Waals surface area contributed by atoms with Gasteiger partial charge in [0.1, 0.15) is 5.75 Å². The van der Waals surface area contributed by atoms with E-state index in [1.165, 1.54) is 13.3 Å². The van der Waals surface area contributed by atoms with Crippen LogP contribution in [0.5, 0.6) is 11.6 Å². The number of benzene rings is 1. The molecule has 0 aliphatic carbocycles. The van der Waals surface area contributed by atoms with Crippen LogP contribution in [0.4, 0.5) is 0 Å². The first-order chi connectivity index (χ1) is 10.5. The van der Waals surface area contributed by atoms with Crippen molar-refractivity contribution in [1.29, 1.82) is 0 Å². The van der Waals surface area contributed by atoms with Crippen molar-refractivity contribution in [2.24, 2.45) is 0 Å². The van der Waals surface area contributed by atoms with E-state index in [0.29, 0.717) is 11.4 Å². The molecule has 1 atom stereocenters. The highest BCUT2D eigenvalue weighted by molar-refractivity contribution is 5.94. The number of aryl methyl sites for hydroxylation is 1. The molecule has 0 bridgehead atoms. The fourth-order valence-corrected chi connectivity index (χ4v) is 2.19. The molecule has 22 heavy (non-hydrogen) atoms. The standard InChI is InChI=1S/C17H20N2O3/c1-11-5-7-15(21-3)14(9-11)12(2)19-17(20)13-6-8-16(22-4)18-10-13/h5-10,12H,1-4H3,(H,19,20)/t12-/m1/s1. The third-order valence-electron chi connectivity index (χ3n) is 3.41. The molecule has 2 aromatic rings. The third-order valence-corrected chi connectivity index (χ3v) is 3.41. The lowest BCUT2D eigenvalue weighted by Gasteiger charge is -2.18. The average molecular weight is 300 g/mol. The van der Waals surface area contributed by atoms with Crippen LogP contribution in [0.1, 0.15) is 34.5 Å². The normalized spacial score (nSPS) is 11.6. The number of rotatable bonds is 5. The number of hydrogen-bond acceptors (Lipinski definition) is 4. The van der Waals surface area contributed by atoms with E-state index in [1.54, 1.807) is 19.2 Å². The zero-order valence-corrected chi connectivity index (χ0v) is 13.2. The molecule has 1 N–H and O–H groups in total. The van der Waals surface area contributed by atoms with Gasteiger partial charge in [-0.1, -0.05) is 17.7 Å². The van der Waals surface area contributed by atoms with Gasteiger partial charge in [0.15, 0.2) is 0 Å². The topological polar surface area (TPSA) is 60.5 Å². The minimum atomic E-state index is -0.189. The lowest BCUT2D eigenvalue weighted by atomic mass is 10.0. The number of nitrogens with zero attached hydrogens (tertiary/aromatic N) is 1. The van der Waals surface area contributed by atoms with E-state index in [2.05, 4.69) is 10.3 Å². The van der Waals surface area contributed by atoms with Crippen LogP contribution in [0, 0.1) is 6.92 Å². The van der Waals surface area contributed by atoms with Crippen LogP contribution in [-0.4, -0.2) is 25.1 Å². The Balaban J connectivity index is 2.15. The molecule has 0 unspecified atom stereocenters. The predicted molar refractivity (Wildman–Crippen MR) is 84.4 cm³/mol. The van der Waals surface area contributed by atoms with E-state index in [-0.39, 0.29) is 11.9 Å². The third kappa shape index (κ3) is 3.55. The largest absolute Gasteiger partial charge is 0.496 e. The lowest BCUT2D eigenvalue weighted by Crippen LogP contribution is -2.27. The Kier molecular flexibility index (Phi) is 4.99. The molecule has 0 saturated carbocycles. The second kappa shape index (κ2) is 6.93. The van der Waals surface area contributed by atoms with E-state index < -0.39 is 0 Å². The smallest absolute Gasteiger partial charge is 0.253 e. The SMILES string of the molecule is COc1ccc(C(=O)N[C@H](C)c2cc(C)ccc2OC)cn1. The van der Waals surface area contributed by atoms with Crippen molar-refractivity contribution >= 4 is 5.91 Å². The summed E-state index contributed by atoms with van der Waals surface area (Å²) in [7, 11) is 3.16. The van der Waals surface area contributed by atoms with Gasteiger partial charge in [-0.3, -0.25) is 4.79 Å². The number of pyridine rings is 1. The minimum absolute atomic E-state index is 0.176. The average Bonchev–Trinajstić information content (AvgIpc) is 2.54. The number of methoxy groups -OCH3 is 2. The Bertz CT molecular complexity index is 653. The zero-order valence-electron chi connectivity index (χ0n) is 13.2. The summed E-state index contributed by atoms with van der Waals surface area (Å²) in [6.07, 6.45) is 1.49. The number of ether oxygens (including phenoxy) is 2. The molecule has 1 amide bonds. The maximum atomic E-state index is 12.3. The van der Waals surface area contributed by atoms with E-state index in [9.17, 15) is 4.79 Å². The highest BCUT2D eigenvalue weighted by Crippen LogP contribution is 2.26. The number of aromatic nitrogens is 1. The summed E-state index contributed by atoms with van der Waals surface area (Å²) in [5, 5.41) is 2.95. The van der Waals surface area contributed by atoms with Gasteiger partial charge in [-0.25, -0.2) is 4.98 Å². The number of nitrogens with one attached hydrogen (secondary N) is 1. The summed E-state index contributed by atoms with van der Waals surface area (Å²) in [4.78, 5) is 16.3. The van der Waals surface area contributed by atoms with Crippen molar-refractivity contribution in [2.45, 2.75) is 19.9 Å². The van der Waals surface area contributed by atoms with Gasteiger partial charge in [0.05, 0.1) is 25.8 Å². The first-order valence-electron chi connectivity index (χ1n) is 7.00. The van der Waals surface area contributed by atoms with Gasteiger partial charge in [-0.2, -0.15) is 0 Å². The van der Waals surface area contributed by atoms with Crippen molar-refractivity contribution in [3.8, 4) is 11.6 Å². The lowest BCUT2D eigenvalue weighted by molar-refractivity contribution is 0.0939. The Morgan fingerprint density at radius 2 is 1.95 bits per heavy atom. The van der Waals surface area contributed by atoms with E-state index in [1.807, 2.05) is 32.0 Å². The number of amides is 1. The summed E-state index contributed by atoms with van der Waals surface area (Å²) >= 11 is 0. The fraction of sp³-hybridized carbons (Fsp3) is 0.294. The van der Waals surface area contributed by atoms with Crippen LogP contribution in [0.2, 0.25) is 0 Å². The van der Waals surface area contributed by atoms with E-state index in [0.717, 1.165) is 16.9 Å². The zero-order chi connectivity index (χ0) is 16.1. The Morgan fingerprint density at radius 1 is 1.18 bits per heavy atom. The van der Waals surface area contributed by atoms with Gasteiger partial charge in [0.25, 0.3) is 5.91 Å². The molecule has 1 heterocycles. The molecule has 0 saturated heterocycles. The minimum Gasteiger partial charge on any atom is -0.496 e. The van der Waals surface area contributed by atoms with Crippen LogP contribution in [0.25, 0.3) is 0 Å². The number of hydrogen-bond donors (Lipinski definition) is 1. The number of carbonyl (C=O) groups excluding carboxylic acids is 1. The van der Waals surface area contributed by atoms with Gasteiger partial charge >= 0.3 is 0 Å². The summed E-state index contributed by atoms with van der Waals surface area (Å²) < 4.78 is 10.3. The van der Waals surface area contributed by atoms with Crippen molar-refractivity contribution in [1.82, 2.24) is 10.3 Å². The molecular weight excluding hydrogens is 280 g/mol. The Hall–Kier alpha value is -2.56. The summed E-state index contributed by atoms with van der Waals surface area (Å²) in [6.45, 7) is 3.93. The van der Waals surface area contributed by atoms with Crippen molar-refractivity contribution in [3.63, 3.8) is 0 Å². The molecule has 2 rings (SSSR count). The Morgan fingerprint density at radius 3 is 2.55 bits per heavy atom. The molecule has 0 fully saturated rings. The van der Waals surface area contributed by atoms with E-state index >= 15 is 0 Å². The highest BCUT2D eigenvalue weighted by Gasteiger charge is 2.15. The molecule has 0 aliphatic rings. The van der Waals surface area contributed by atoms with Gasteiger partial charge < -0.3 is 14.8 Å². The quantitative estimate of drug-likeness (QED) is 0.922. The summed E-state index contributed by atoms with van der Waals surface area (Å²) in [5.41, 5.74) is 2.54. The van der Waals surface area contributed by atoms with Gasteiger partial charge in [0.2, 0.25) is 5.88 Å². The Labute approximate surface area is 130 Å². The molecule has 0 spiro atoms. The van der Waals surface area contributed by atoms with Crippen LogP contribution < -0.4 is 14.8 Å². The van der Waals surface area contributed by atoms with Crippen molar-refractivity contribution in [3.05, 3.63) is 53.2 Å². The molecular formula is C17H20N2O3. The highest BCUT2D eigenvalue weighted by atomic mass is 16.5. The second-order valence-corrected chi connectivity index (χ2v) is 5.03. The second-order valence-electron chi connectivity index (χ2n) is 5.03. The molecule has 0 aliphatic heterocycles.